The van der Waals surface area contributed by atoms with Gasteiger partial charge in [0.2, 0.25) is 0 Å². The molecule has 0 aliphatic carbocycles. The number of carbonyl (C=O) groups is 1. The Balaban J connectivity index is 1.40. The van der Waals surface area contributed by atoms with Crippen molar-refractivity contribution < 1.29 is 9.53 Å². The highest BCUT2D eigenvalue weighted by atomic mass is 16.5. The lowest BCUT2D eigenvalue weighted by atomic mass is 10.1. The molecule has 1 saturated heterocycles. The zero-order valence-electron chi connectivity index (χ0n) is 14.6. The standard InChI is InChI=1S/C21H24N2O2/c1-22-18-14-23(13-7-10-16-8-3-2-4-9-16)15-20(18)25-19-12-6-5-11-17(19)21(22)24/h2-6,8-9,11-12,18,20H,7,10,13-15H2,1H3. The number of benzene rings is 2. The quantitative estimate of drug-likeness (QED) is 0.861. The molecule has 2 aliphatic heterocycles. The minimum Gasteiger partial charge on any atom is -0.486 e. The third-order valence-electron chi connectivity index (χ3n) is 5.31. The van der Waals surface area contributed by atoms with Gasteiger partial charge in [-0.3, -0.25) is 9.69 Å². The van der Waals surface area contributed by atoms with Crippen molar-refractivity contribution in [3.05, 3.63) is 65.7 Å². The third kappa shape index (κ3) is 3.27. The van der Waals surface area contributed by atoms with E-state index in [1.54, 1.807) is 0 Å². The van der Waals surface area contributed by atoms with Gasteiger partial charge in [-0.25, -0.2) is 0 Å². The molecule has 0 spiro atoms. The van der Waals surface area contributed by atoms with E-state index in [0.717, 1.165) is 38.2 Å². The van der Waals surface area contributed by atoms with Crippen LogP contribution >= 0.6 is 0 Å². The Bertz CT molecular complexity index is 747. The van der Waals surface area contributed by atoms with Crippen molar-refractivity contribution in [2.45, 2.75) is 25.0 Å². The maximum atomic E-state index is 12.7. The van der Waals surface area contributed by atoms with Gasteiger partial charge in [0.15, 0.2) is 0 Å². The monoisotopic (exact) mass is 336 g/mol. The zero-order chi connectivity index (χ0) is 17.2. The molecule has 2 aromatic carbocycles. The Kier molecular flexibility index (Phi) is 4.45. The van der Waals surface area contributed by atoms with Crippen LogP contribution in [0, 0.1) is 0 Å². The summed E-state index contributed by atoms with van der Waals surface area (Å²) in [7, 11) is 1.90. The van der Waals surface area contributed by atoms with Gasteiger partial charge in [0.05, 0.1) is 11.6 Å². The Morgan fingerprint density at radius 1 is 1.04 bits per heavy atom. The first-order chi connectivity index (χ1) is 12.2. The van der Waals surface area contributed by atoms with Gasteiger partial charge in [0.1, 0.15) is 11.9 Å². The van der Waals surface area contributed by atoms with Crippen LogP contribution in [0.15, 0.2) is 54.6 Å². The lowest BCUT2D eigenvalue weighted by Gasteiger charge is -2.25. The van der Waals surface area contributed by atoms with Crippen LogP contribution in [-0.2, 0) is 6.42 Å². The Labute approximate surface area is 149 Å². The van der Waals surface area contributed by atoms with Gasteiger partial charge in [0, 0.05) is 20.1 Å². The minimum atomic E-state index is 0.0503. The second kappa shape index (κ2) is 6.89. The average Bonchev–Trinajstić information content (AvgIpc) is 3.00. The summed E-state index contributed by atoms with van der Waals surface area (Å²) < 4.78 is 6.21. The first kappa shape index (κ1) is 16.2. The van der Waals surface area contributed by atoms with E-state index in [1.807, 2.05) is 36.2 Å². The highest BCUT2D eigenvalue weighted by Gasteiger charge is 2.41. The lowest BCUT2D eigenvalue weighted by Crippen LogP contribution is -2.44. The van der Waals surface area contributed by atoms with Crippen LogP contribution in [0.4, 0.5) is 0 Å². The van der Waals surface area contributed by atoms with Crippen molar-refractivity contribution in [3.63, 3.8) is 0 Å². The van der Waals surface area contributed by atoms with E-state index in [2.05, 4.69) is 35.2 Å². The van der Waals surface area contributed by atoms with Crippen molar-refractivity contribution >= 4 is 5.91 Å². The summed E-state index contributed by atoms with van der Waals surface area (Å²) in [4.78, 5) is 17.0. The number of para-hydroxylation sites is 1. The summed E-state index contributed by atoms with van der Waals surface area (Å²) in [5, 5.41) is 0. The first-order valence-corrected chi connectivity index (χ1v) is 9.01. The fourth-order valence-corrected chi connectivity index (χ4v) is 3.90. The van der Waals surface area contributed by atoms with E-state index < -0.39 is 0 Å². The molecule has 1 fully saturated rings. The largest absolute Gasteiger partial charge is 0.486 e. The van der Waals surface area contributed by atoms with Gasteiger partial charge in [-0.15, -0.1) is 0 Å². The van der Waals surface area contributed by atoms with Crippen LogP contribution in [0.2, 0.25) is 0 Å². The van der Waals surface area contributed by atoms with Gasteiger partial charge >= 0.3 is 0 Å². The van der Waals surface area contributed by atoms with Gasteiger partial charge < -0.3 is 9.64 Å². The van der Waals surface area contributed by atoms with Crippen LogP contribution in [0.1, 0.15) is 22.3 Å². The van der Waals surface area contributed by atoms with Crippen LogP contribution in [0.5, 0.6) is 5.75 Å². The number of hydrogen-bond donors (Lipinski definition) is 0. The van der Waals surface area contributed by atoms with E-state index in [0.29, 0.717) is 5.56 Å². The number of likely N-dealkylation sites (tertiary alicyclic amines) is 1. The van der Waals surface area contributed by atoms with E-state index >= 15 is 0 Å². The highest BCUT2D eigenvalue weighted by Crippen LogP contribution is 2.30. The number of amides is 1. The molecule has 130 valence electrons. The average molecular weight is 336 g/mol. The van der Waals surface area contributed by atoms with Crippen LogP contribution in [0.25, 0.3) is 0 Å². The van der Waals surface area contributed by atoms with E-state index in [1.165, 1.54) is 5.56 Å². The predicted molar refractivity (Wildman–Crippen MR) is 97.9 cm³/mol. The zero-order valence-corrected chi connectivity index (χ0v) is 14.6. The lowest BCUT2D eigenvalue weighted by molar-refractivity contribution is 0.0682. The molecule has 0 bridgehead atoms. The number of nitrogens with zero attached hydrogens (tertiary/aromatic N) is 2. The number of hydrogen-bond acceptors (Lipinski definition) is 3. The molecule has 0 N–H and O–H groups in total. The topological polar surface area (TPSA) is 32.8 Å². The van der Waals surface area contributed by atoms with Crippen LogP contribution in [-0.4, -0.2) is 54.5 Å². The molecule has 2 unspecified atom stereocenters. The molecule has 4 heteroatoms. The maximum absolute atomic E-state index is 12.7. The fourth-order valence-electron chi connectivity index (χ4n) is 3.90. The maximum Gasteiger partial charge on any atom is 0.257 e. The minimum absolute atomic E-state index is 0.0503. The molecule has 25 heavy (non-hydrogen) atoms. The molecular weight excluding hydrogens is 312 g/mol. The predicted octanol–water partition coefficient (Wildman–Crippen LogP) is 2.84. The number of ether oxygens (including phenoxy) is 1. The highest BCUT2D eigenvalue weighted by molar-refractivity contribution is 5.97. The van der Waals surface area contributed by atoms with Gasteiger partial charge in [0.25, 0.3) is 5.91 Å². The van der Waals surface area contributed by atoms with E-state index in [9.17, 15) is 4.79 Å². The molecule has 0 aromatic heterocycles. The van der Waals surface area contributed by atoms with Crippen molar-refractivity contribution in [3.8, 4) is 5.75 Å². The molecule has 2 aliphatic rings. The normalized spacial score (nSPS) is 22.9. The molecular formula is C21H24N2O2. The third-order valence-corrected chi connectivity index (χ3v) is 5.31. The number of carbonyl (C=O) groups excluding carboxylic acids is 1. The van der Waals surface area contributed by atoms with Gasteiger partial charge in [-0.05, 0) is 37.1 Å². The molecule has 2 heterocycles. The van der Waals surface area contributed by atoms with E-state index in [-0.39, 0.29) is 18.1 Å². The molecule has 2 aromatic rings. The molecule has 0 saturated carbocycles. The smallest absolute Gasteiger partial charge is 0.257 e. The Morgan fingerprint density at radius 3 is 2.64 bits per heavy atom. The van der Waals surface area contributed by atoms with Crippen LogP contribution in [0.3, 0.4) is 0 Å². The summed E-state index contributed by atoms with van der Waals surface area (Å²) in [5.74, 6) is 0.784. The van der Waals surface area contributed by atoms with E-state index in [4.69, 9.17) is 4.74 Å². The molecule has 1 amide bonds. The summed E-state index contributed by atoms with van der Waals surface area (Å²) in [6, 6.07) is 18.3. The Hall–Kier alpha value is -2.33. The molecule has 2 atom stereocenters. The van der Waals surface area contributed by atoms with Crippen molar-refractivity contribution in [1.82, 2.24) is 9.80 Å². The molecule has 4 nitrogen and oxygen atoms in total. The summed E-state index contributed by atoms with van der Waals surface area (Å²) in [5.41, 5.74) is 2.06. The Morgan fingerprint density at radius 2 is 1.80 bits per heavy atom. The molecule has 4 rings (SSSR count). The van der Waals surface area contributed by atoms with Gasteiger partial charge in [-0.1, -0.05) is 42.5 Å². The van der Waals surface area contributed by atoms with Crippen molar-refractivity contribution in [2.75, 3.05) is 26.7 Å². The summed E-state index contributed by atoms with van der Waals surface area (Å²) in [6.07, 6.45) is 2.26. The van der Waals surface area contributed by atoms with Gasteiger partial charge in [-0.2, -0.15) is 0 Å². The van der Waals surface area contributed by atoms with Crippen molar-refractivity contribution in [2.24, 2.45) is 0 Å². The summed E-state index contributed by atoms with van der Waals surface area (Å²) >= 11 is 0. The number of fused-ring (bicyclic) bond motifs is 2. The van der Waals surface area contributed by atoms with Crippen LogP contribution < -0.4 is 4.74 Å². The number of rotatable bonds is 4. The first-order valence-electron chi connectivity index (χ1n) is 9.01. The van der Waals surface area contributed by atoms with Crippen molar-refractivity contribution in [1.29, 1.82) is 0 Å². The summed E-state index contributed by atoms with van der Waals surface area (Å²) in [6.45, 7) is 2.80. The SMILES string of the molecule is CN1C(=O)c2ccccc2OC2CN(CCCc3ccccc3)CC21. The second-order valence-corrected chi connectivity index (χ2v) is 6.98. The number of likely N-dealkylation sites (N-methyl/N-ethyl adjacent to an activating group) is 1. The second-order valence-electron chi connectivity index (χ2n) is 6.98. The fraction of sp³-hybridized carbons (Fsp3) is 0.381. The molecule has 0 radical (unpaired) electrons. The number of aryl methyl sites for hydroxylation is 1.